The van der Waals surface area contributed by atoms with Gasteiger partial charge in [-0.3, -0.25) is 28.8 Å². The van der Waals surface area contributed by atoms with Crippen molar-refractivity contribution in [3.63, 3.8) is 0 Å². The molecule has 0 spiro atoms. The van der Waals surface area contributed by atoms with E-state index in [1.165, 1.54) is 12.1 Å². The first kappa shape index (κ1) is 44.6. The zero-order valence-electron chi connectivity index (χ0n) is 32.4. The van der Waals surface area contributed by atoms with Gasteiger partial charge in [-0.15, -0.1) is 0 Å². The molecule has 0 radical (unpaired) electrons. The van der Waals surface area contributed by atoms with Crippen LogP contribution in [-0.2, 0) is 39.0 Å². The highest BCUT2D eigenvalue weighted by molar-refractivity contribution is 6.38. The zero-order chi connectivity index (χ0) is 40.7. The Morgan fingerprint density at radius 1 is 0.782 bits per heavy atom. The summed E-state index contributed by atoms with van der Waals surface area (Å²) in [5.41, 5.74) is 0.0465. The van der Waals surface area contributed by atoms with Crippen LogP contribution >= 0.6 is 11.6 Å². The monoisotopic (exact) mass is 781 g/mol. The van der Waals surface area contributed by atoms with Gasteiger partial charge in [0.2, 0.25) is 29.4 Å². The van der Waals surface area contributed by atoms with Crippen LogP contribution in [0.3, 0.4) is 0 Å². The number of carboxylic acid groups (broad SMARTS) is 1. The molecule has 0 bridgehead atoms. The van der Waals surface area contributed by atoms with E-state index in [1.807, 2.05) is 13.8 Å². The third-order valence-electron chi connectivity index (χ3n) is 10.0. The number of Topliss-reactive ketones (excluding diaryl/α,β-unsaturated/α-hetero) is 1. The van der Waals surface area contributed by atoms with Crippen LogP contribution < -0.4 is 26.6 Å². The molecule has 2 aromatic rings. The number of carbonyl (C=O) groups is 7. The minimum Gasteiger partial charge on any atom is -0.479 e. The van der Waals surface area contributed by atoms with Crippen molar-refractivity contribution in [3.8, 4) is 0 Å². The topological polar surface area (TPSA) is 200 Å². The van der Waals surface area contributed by atoms with Gasteiger partial charge in [0, 0.05) is 5.02 Å². The fourth-order valence-corrected chi connectivity index (χ4v) is 6.72. The summed E-state index contributed by atoms with van der Waals surface area (Å²) >= 11 is 6.08. The van der Waals surface area contributed by atoms with Crippen LogP contribution in [-0.4, -0.2) is 71.1 Å². The quantitative estimate of drug-likeness (QED) is 0.105. The van der Waals surface area contributed by atoms with Crippen molar-refractivity contribution in [1.29, 1.82) is 0 Å². The second-order valence-electron chi connectivity index (χ2n) is 15.2. The minimum atomic E-state index is -1.37. The average molecular weight is 782 g/mol. The number of carbonyl (C=O) groups excluding carboxylic acids is 6. The van der Waals surface area contributed by atoms with E-state index in [-0.39, 0.29) is 30.6 Å². The predicted molar refractivity (Wildman–Crippen MR) is 209 cm³/mol. The lowest BCUT2D eigenvalue weighted by Crippen LogP contribution is -2.59. The predicted octanol–water partition coefficient (Wildman–Crippen LogP) is 4.52. The molecule has 1 saturated carbocycles. The summed E-state index contributed by atoms with van der Waals surface area (Å²) in [6.07, 6.45) is 5.61. The molecular formula is C41H56ClN5O8. The van der Waals surface area contributed by atoms with E-state index in [2.05, 4.69) is 26.6 Å². The van der Waals surface area contributed by atoms with Crippen molar-refractivity contribution in [2.45, 2.75) is 122 Å². The van der Waals surface area contributed by atoms with Crippen molar-refractivity contribution >= 4 is 52.9 Å². The molecule has 13 nitrogen and oxygen atoms in total. The molecule has 1 aliphatic rings. The third-order valence-corrected chi connectivity index (χ3v) is 10.3. The molecule has 0 aliphatic heterocycles. The SMILES string of the molecule is CCCC(NC(=O)[C@H](CCC(C)C)NC(=O)[C@@H](NC(=O)C(C)(C)c1ccc(Cl)cc1)C1CCCCC1)C(=O)C(=O)NCC(=O)N[C@H](C(=O)O)c1ccccc1. The number of aliphatic carboxylic acids is 1. The lowest BCUT2D eigenvalue weighted by atomic mass is 9.80. The molecule has 0 aromatic heterocycles. The van der Waals surface area contributed by atoms with Crippen molar-refractivity contribution in [2.75, 3.05) is 6.54 Å². The Balaban J connectivity index is 1.73. The highest BCUT2D eigenvalue weighted by Crippen LogP contribution is 2.29. The van der Waals surface area contributed by atoms with Crippen LogP contribution in [0.2, 0.25) is 5.02 Å². The molecule has 1 fully saturated rings. The number of amides is 5. The maximum Gasteiger partial charge on any atom is 0.330 e. The molecule has 2 aromatic carbocycles. The van der Waals surface area contributed by atoms with Gasteiger partial charge in [-0.1, -0.05) is 101 Å². The summed E-state index contributed by atoms with van der Waals surface area (Å²) in [4.78, 5) is 92.4. The third kappa shape index (κ3) is 13.5. The first-order chi connectivity index (χ1) is 26.0. The Morgan fingerprint density at radius 2 is 1.40 bits per heavy atom. The number of benzene rings is 2. The Kier molecular flexibility index (Phi) is 17.3. The number of nitrogens with one attached hydrogen (secondary N) is 5. The van der Waals surface area contributed by atoms with Gasteiger partial charge < -0.3 is 31.7 Å². The van der Waals surface area contributed by atoms with Gasteiger partial charge in [0.1, 0.15) is 12.1 Å². The highest BCUT2D eigenvalue weighted by atomic mass is 35.5. The molecule has 0 heterocycles. The average Bonchev–Trinajstić information content (AvgIpc) is 3.16. The molecule has 1 aliphatic carbocycles. The summed E-state index contributed by atoms with van der Waals surface area (Å²) in [5, 5.41) is 23.2. The van der Waals surface area contributed by atoms with Gasteiger partial charge in [-0.25, -0.2) is 4.79 Å². The largest absolute Gasteiger partial charge is 0.479 e. The Bertz CT molecular complexity index is 1640. The molecule has 300 valence electrons. The van der Waals surface area contributed by atoms with Crippen LogP contribution in [0.1, 0.15) is 110 Å². The standard InChI is InChI=1S/C41H56ClN5O8/c1-6-13-30(35(49)38(52)43-24-32(48)46-34(39(53)54)27-16-11-8-12-17-27)44-36(50)31(23-18-25(2)3)45-37(51)33(26-14-9-7-10-15-26)47-40(55)41(4,5)28-19-21-29(42)22-20-28/h8,11-12,16-17,19-22,25-26,30-31,33-34H,6-7,9-10,13-15,18,23-24H2,1-5H3,(H,43,52)(H,44,50)(H,45,51)(H,46,48)(H,47,55)(H,53,54)/t30?,31-,33-,34-/m0/s1. The van der Waals surface area contributed by atoms with Crippen molar-refractivity contribution in [3.05, 3.63) is 70.7 Å². The normalized spacial score (nSPS) is 15.5. The maximum absolute atomic E-state index is 14.1. The number of hydrogen-bond donors (Lipinski definition) is 6. The summed E-state index contributed by atoms with van der Waals surface area (Å²) in [5.74, 6) is -5.76. The van der Waals surface area contributed by atoms with E-state index in [9.17, 15) is 38.7 Å². The van der Waals surface area contributed by atoms with E-state index in [0.717, 1.165) is 37.7 Å². The van der Waals surface area contributed by atoms with Crippen LogP contribution in [0.4, 0.5) is 0 Å². The zero-order valence-corrected chi connectivity index (χ0v) is 33.2. The molecule has 4 atom stereocenters. The maximum atomic E-state index is 14.1. The first-order valence-corrected chi connectivity index (χ1v) is 19.5. The number of hydrogen-bond acceptors (Lipinski definition) is 7. The molecule has 3 rings (SSSR count). The second kappa shape index (κ2) is 21.3. The highest BCUT2D eigenvalue weighted by Gasteiger charge is 2.38. The van der Waals surface area contributed by atoms with Crippen LogP contribution in [0.25, 0.3) is 0 Å². The summed E-state index contributed by atoms with van der Waals surface area (Å²) in [6.45, 7) is 8.58. The number of carboxylic acids is 1. The summed E-state index contributed by atoms with van der Waals surface area (Å²) in [6, 6.07) is 10.3. The van der Waals surface area contributed by atoms with Gasteiger partial charge in [0.25, 0.3) is 5.91 Å². The van der Waals surface area contributed by atoms with Crippen LogP contribution in [0.15, 0.2) is 54.6 Å². The van der Waals surface area contributed by atoms with E-state index < -0.39 is 71.5 Å². The molecule has 6 N–H and O–H groups in total. The summed E-state index contributed by atoms with van der Waals surface area (Å²) < 4.78 is 0. The Morgan fingerprint density at radius 3 is 1.98 bits per heavy atom. The number of halogens is 1. The lowest BCUT2D eigenvalue weighted by Gasteiger charge is -2.34. The van der Waals surface area contributed by atoms with Gasteiger partial charge >= 0.3 is 5.97 Å². The van der Waals surface area contributed by atoms with Crippen molar-refractivity contribution in [2.24, 2.45) is 11.8 Å². The van der Waals surface area contributed by atoms with E-state index in [0.29, 0.717) is 23.4 Å². The Labute approximate surface area is 328 Å². The first-order valence-electron chi connectivity index (χ1n) is 19.1. The van der Waals surface area contributed by atoms with Crippen molar-refractivity contribution in [1.82, 2.24) is 26.6 Å². The van der Waals surface area contributed by atoms with Crippen LogP contribution in [0, 0.1) is 11.8 Å². The molecule has 14 heteroatoms. The number of ketones is 1. The van der Waals surface area contributed by atoms with E-state index in [1.54, 1.807) is 63.2 Å². The molecule has 5 amide bonds. The van der Waals surface area contributed by atoms with E-state index in [4.69, 9.17) is 11.6 Å². The fraction of sp³-hybridized carbons (Fsp3) is 0.537. The smallest absolute Gasteiger partial charge is 0.330 e. The lowest BCUT2D eigenvalue weighted by molar-refractivity contribution is -0.142. The van der Waals surface area contributed by atoms with Gasteiger partial charge in [-0.2, -0.15) is 0 Å². The van der Waals surface area contributed by atoms with Gasteiger partial charge in [0.05, 0.1) is 18.0 Å². The minimum absolute atomic E-state index is 0.102. The fourth-order valence-electron chi connectivity index (χ4n) is 6.60. The summed E-state index contributed by atoms with van der Waals surface area (Å²) in [7, 11) is 0. The van der Waals surface area contributed by atoms with Crippen LogP contribution in [0.5, 0.6) is 0 Å². The molecule has 0 saturated heterocycles. The molecule has 55 heavy (non-hydrogen) atoms. The molecular weight excluding hydrogens is 726 g/mol. The Hall–Kier alpha value is -4.78. The van der Waals surface area contributed by atoms with E-state index >= 15 is 0 Å². The van der Waals surface area contributed by atoms with Crippen molar-refractivity contribution < 1.29 is 38.7 Å². The second-order valence-corrected chi connectivity index (χ2v) is 15.6. The molecule has 1 unspecified atom stereocenters. The van der Waals surface area contributed by atoms with Gasteiger partial charge in [0.15, 0.2) is 6.04 Å². The van der Waals surface area contributed by atoms with Gasteiger partial charge in [-0.05, 0) is 81.0 Å². The number of rotatable bonds is 20.